The van der Waals surface area contributed by atoms with Crippen molar-refractivity contribution in [3.8, 4) is 0 Å². The Labute approximate surface area is 165 Å². The number of nitrogens with two attached hydrogens (primary N) is 2. The van der Waals surface area contributed by atoms with Gasteiger partial charge in [0.05, 0.1) is 13.0 Å². The van der Waals surface area contributed by atoms with E-state index in [4.69, 9.17) is 21.7 Å². The third-order valence-corrected chi connectivity index (χ3v) is 3.69. The summed E-state index contributed by atoms with van der Waals surface area (Å²) in [6.07, 6.45) is -1.36. The molecule has 0 bridgehead atoms. The van der Waals surface area contributed by atoms with Crippen LogP contribution in [0.15, 0.2) is 0 Å². The highest BCUT2D eigenvalue weighted by molar-refractivity contribution is 7.80. The van der Waals surface area contributed by atoms with Crippen LogP contribution in [-0.4, -0.2) is 76.2 Å². The molecule has 9 N–H and O–H groups in total. The van der Waals surface area contributed by atoms with Gasteiger partial charge in [-0.1, -0.05) is 0 Å². The zero-order valence-corrected chi connectivity index (χ0v) is 15.6. The van der Waals surface area contributed by atoms with Gasteiger partial charge in [-0.05, 0) is 6.42 Å². The van der Waals surface area contributed by atoms with Crippen molar-refractivity contribution in [1.29, 1.82) is 0 Å². The molecule has 3 atom stereocenters. The lowest BCUT2D eigenvalue weighted by Gasteiger charge is -2.23. The van der Waals surface area contributed by atoms with Gasteiger partial charge in [-0.25, -0.2) is 4.79 Å². The number of hydrogen-bond donors (Lipinski definition) is 8. The van der Waals surface area contributed by atoms with Gasteiger partial charge in [0.2, 0.25) is 23.6 Å². The molecule has 0 aromatic heterocycles. The fraction of sp³-hybridized carbons (Fsp3) is 0.571. The molecule has 0 aliphatic rings. The molecule has 0 heterocycles. The molecular formula is C14H23N5O8S. The van der Waals surface area contributed by atoms with Crippen LogP contribution in [0.5, 0.6) is 0 Å². The molecule has 0 saturated heterocycles. The number of carbonyl (C=O) groups is 6. The van der Waals surface area contributed by atoms with Gasteiger partial charge in [-0.15, -0.1) is 0 Å². The molecule has 0 aromatic rings. The highest BCUT2D eigenvalue weighted by Gasteiger charge is 2.30. The predicted molar refractivity (Wildman–Crippen MR) is 97.0 cm³/mol. The van der Waals surface area contributed by atoms with E-state index in [0.29, 0.717) is 0 Å². The third kappa shape index (κ3) is 9.72. The van der Waals surface area contributed by atoms with Crippen molar-refractivity contribution in [3.05, 3.63) is 0 Å². The van der Waals surface area contributed by atoms with Crippen LogP contribution in [0.4, 0.5) is 0 Å². The summed E-state index contributed by atoms with van der Waals surface area (Å²) < 4.78 is 0. The highest BCUT2D eigenvalue weighted by Crippen LogP contribution is 2.02. The molecular weight excluding hydrogens is 398 g/mol. The van der Waals surface area contributed by atoms with Crippen molar-refractivity contribution in [2.24, 2.45) is 11.5 Å². The van der Waals surface area contributed by atoms with E-state index >= 15 is 0 Å². The number of rotatable bonds is 13. The van der Waals surface area contributed by atoms with Crippen LogP contribution in [-0.2, 0) is 28.8 Å². The van der Waals surface area contributed by atoms with E-state index in [9.17, 15) is 28.8 Å². The van der Waals surface area contributed by atoms with Gasteiger partial charge in [0, 0.05) is 12.2 Å². The van der Waals surface area contributed by atoms with Gasteiger partial charge in [0.1, 0.15) is 18.1 Å². The van der Waals surface area contributed by atoms with E-state index in [0.717, 1.165) is 0 Å². The SMILES string of the molecule is NCC(=O)NC(CCC(N)=O)C(=O)NC(CC(=O)O)C(=O)NC(CS)C(=O)O. The molecule has 28 heavy (non-hydrogen) atoms. The second-order valence-electron chi connectivity index (χ2n) is 5.57. The summed E-state index contributed by atoms with van der Waals surface area (Å²) in [6.45, 7) is -0.457. The van der Waals surface area contributed by atoms with E-state index in [1.807, 2.05) is 5.32 Å². The Kier molecular flexibility index (Phi) is 11.2. The lowest BCUT2D eigenvalue weighted by Crippen LogP contribution is -2.57. The number of carboxylic acid groups (broad SMARTS) is 2. The molecule has 14 heteroatoms. The summed E-state index contributed by atoms with van der Waals surface area (Å²) in [5.41, 5.74) is 10.2. The van der Waals surface area contributed by atoms with Crippen LogP contribution in [0.3, 0.4) is 0 Å². The summed E-state index contributed by atoms with van der Waals surface area (Å²) in [5, 5.41) is 24.2. The molecule has 0 saturated carbocycles. The van der Waals surface area contributed by atoms with Crippen molar-refractivity contribution >= 4 is 48.2 Å². The van der Waals surface area contributed by atoms with Crippen LogP contribution in [0.1, 0.15) is 19.3 Å². The monoisotopic (exact) mass is 421 g/mol. The summed E-state index contributed by atoms with van der Waals surface area (Å²) in [4.78, 5) is 68.9. The van der Waals surface area contributed by atoms with Crippen LogP contribution in [0.2, 0.25) is 0 Å². The lowest BCUT2D eigenvalue weighted by atomic mass is 10.1. The Morgan fingerprint density at radius 2 is 1.43 bits per heavy atom. The Morgan fingerprint density at radius 1 is 0.893 bits per heavy atom. The minimum absolute atomic E-state index is 0.220. The van der Waals surface area contributed by atoms with Gasteiger partial charge in [0.25, 0.3) is 0 Å². The first-order valence-electron chi connectivity index (χ1n) is 7.95. The second kappa shape index (κ2) is 12.5. The maximum atomic E-state index is 12.4. The molecule has 0 aliphatic heterocycles. The van der Waals surface area contributed by atoms with Crippen LogP contribution >= 0.6 is 12.6 Å². The van der Waals surface area contributed by atoms with Crippen molar-refractivity contribution in [1.82, 2.24) is 16.0 Å². The van der Waals surface area contributed by atoms with E-state index in [-0.39, 0.29) is 18.6 Å². The summed E-state index contributed by atoms with van der Waals surface area (Å²) >= 11 is 3.76. The molecule has 0 aliphatic carbocycles. The van der Waals surface area contributed by atoms with Gasteiger partial charge in [-0.2, -0.15) is 12.6 Å². The number of carbonyl (C=O) groups excluding carboxylic acids is 4. The number of thiol groups is 1. The largest absolute Gasteiger partial charge is 0.481 e. The van der Waals surface area contributed by atoms with Crippen molar-refractivity contribution in [3.63, 3.8) is 0 Å². The molecule has 4 amide bonds. The lowest BCUT2D eigenvalue weighted by molar-refractivity contribution is -0.143. The van der Waals surface area contributed by atoms with Gasteiger partial charge in [-0.3, -0.25) is 24.0 Å². The number of nitrogens with one attached hydrogen (secondary N) is 3. The number of aliphatic carboxylic acids is 2. The topological polar surface area (TPSA) is 231 Å². The fourth-order valence-electron chi connectivity index (χ4n) is 1.92. The van der Waals surface area contributed by atoms with Crippen molar-refractivity contribution in [2.45, 2.75) is 37.4 Å². The standard InChI is InChI=1S/C14H23N5O8S/c15-4-10(21)17-6(1-2-9(16)20)12(24)18-7(3-11(22)23)13(25)19-8(5-28)14(26)27/h6-8,28H,1-5,15H2,(H2,16,20)(H,17,21)(H,18,24)(H,19,25)(H,22,23)(H,26,27). The molecule has 0 radical (unpaired) electrons. The maximum absolute atomic E-state index is 12.4. The number of carboxylic acids is 2. The van der Waals surface area contributed by atoms with Crippen LogP contribution in [0, 0.1) is 0 Å². The Morgan fingerprint density at radius 3 is 1.86 bits per heavy atom. The Bertz CT molecular complexity index is 629. The number of primary amides is 1. The molecule has 0 spiro atoms. The molecule has 158 valence electrons. The van der Waals surface area contributed by atoms with E-state index in [1.165, 1.54) is 0 Å². The minimum atomic E-state index is -1.64. The van der Waals surface area contributed by atoms with Crippen molar-refractivity contribution < 1.29 is 39.0 Å². The Hall–Kier alpha value is -2.87. The van der Waals surface area contributed by atoms with E-state index in [2.05, 4.69) is 23.3 Å². The van der Waals surface area contributed by atoms with Crippen LogP contribution < -0.4 is 27.4 Å². The quantitative estimate of drug-likeness (QED) is 0.136. The smallest absolute Gasteiger partial charge is 0.327 e. The van der Waals surface area contributed by atoms with Crippen molar-refractivity contribution in [2.75, 3.05) is 12.3 Å². The Balaban J connectivity index is 5.32. The molecule has 3 unspecified atom stereocenters. The van der Waals surface area contributed by atoms with Crippen LogP contribution in [0.25, 0.3) is 0 Å². The normalized spacial score (nSPS) is 13.5. The van der Waals surface area contributed by atoms with Gasteiger partial charge >= 0.3 is 11.9 Å². The summed E-state index contributed by atoms with van der Waals surface area (Å²) in [5.74, 6) is -6.65. The average molecular weight is 421 g/mol. The predicted octanol–water partition coefficient (Wildman–Crippen LogP) is -3.85. The number of amides is 4. The summed E-state index contributed by atoms with van der Waals surface area (Å²) in [6, 6.07) is -4.36. The highest BCUT2D eigenvalue weighted by atomic mass is 32.1. The second-order valence-corrected chi connectivity index (χ2v) is 5.94. The number of hydrogen-bond acceptors (Lipinski definition) is 8. The first-order chi connectivity index (χ1) is 13.0. The van der Waals surface area contributed by atoms with E-state index < -0.39 is 66.7 Å². The van der Waals surface area contributed by atoms with Gasteiger partial charge < -0.3 is 37.6 Å². The molecule has 0 fully saturated rings. The zero-order chi connectivity index (χ0) is 21.9. The molecule has 0 rings (SSSR count). The van der Waals surface area contributed by atoms with E-state index in [1.54, 1.807) is 0 Å². The first kappa shape index (κ1) is 25.1. The average Bonchev–Trinajstić information content (AvgIpc) is 2.60. The zero-order valence-electron chi connectivity index (χ0n) is 14.7. The summed E-state index contributed by atoms with van der Waals surface area (Å²) in [7, 11) is 0. The maximum Gasteiger partial charge on any atom is 0.327 e. The van der Waals surface area contributed by atoms with Gasteiger partial charge in [0.15, 0.2) is 0 Å². The molecule has 0 aromatic carbocycles. The minimum Gasteiger partial charge on any atom is -0.481 e. The first-order valence-corrected chi connectivity index (χ1v) is 8.59. The fourth-order valence-corrected chi connectivity index (χ4v) is 2.17. The molecule has 13 nitrogen and oxygen atoms in total. The third-order valence-electron chi connectivity index (χ3n) is 3.33.